The summed E-state index contributed by atoms with van der Waals surface area (Å²) in [6.45, 7) is 1.51. The van der Waals surface area contributed by atoms with Crippen LogP contribution in [0.2, 0.25) is 0 Å². The first-order chi connectivity index (χ1) is 18.4. The Morgan fingerprint density at radius 2 is 1.92 bits per heavy atom. The van der Waals surface area contributed by atoms with Crippen molar-refractivity contribution in [2.24, 2.45) is 0 Å². The van der Waals surface area contributed by atoms with Crippen LogP contribution in [0.1, 0.15) is 0 Å². The molecule has 0 aliphatic carbocycles. The molecular formula is C27H24FN9O. The number of hydrogen-bond acceptors (Lipinski definition) is 8. The minimum atomic E-state index is -0.338. The zero-order chi connectivity index (χ0) is 26.2. The number of benzene rings is 1. The third kappa shape index (κ3) is 4.50. The highest BCUT2D eigenvalue weighted by Gasteiger charge is 2.17. The number of nitrogens with zero attached hydrogens (tertiary/aromatic N) is 6. The van der Waals surface area contributed by atoms with Crippen LogP contribution in [-0.2, 0) is 0 Å². The van der Waals surface area contributed by atoms with Gasteiger partial charge in [0.15, 0.2) is 11.5 Å². The van der Waals surface area contributed by atoms with Gasteiger partial charge in [-0.15, -0.1) is 0 Å². The summed E-state index contributed by atoms with van der Waals surface area (Å²) < 4.78 is 14.6. The Hall–Kier alpha value is -4.90. The summed E-state index contributed by atoms with van der Waals surface area (Å²) in [6.07, 6.45) is 6.34. The number of imidazole rings is 1. The molecule has 190 valence electrons. The predicted octanol–water partition coefficient (Wildman–Crippen LogP) is 4.44. The van der Waals surface area contributed by atoms with Crippen molar-refractivity contribution >= 4 is 27.8 Å². The van der Waals surface area contributed by atoms with Crippen molar-refractivity contribution in [2.75, 3.05) is 32.5 Å². The quantitative estimate of drug-likeness (QED) is 0.248. The molecule has 1 aromatic carbocycles. The highest BCUT2D eigenvalue weighted by atomic mass is 19.1. The van der Waals surface area contributed by atoms with E-state index < -0.39 is 0 Å². The van der Waals surface area contributed by atoms with Crippen LogP contribution in [0.4, 0.5) is 10.1 Å². The molecule has 0 spiro atoms. The SMILES string of the molecule is CN(C)CCNc1cc(F)cc(-c2ccnc3[nH]c(-c4n[nH]c5cnc(-c6cncc(O)c6)cc45)nc23)c1. The van der Waals surface area contributed by atoms with Crippen molar-refractivity contribution in [2.45, 2.75) is 0 Å². The molecular weight excluding hydrogens is 485 g/mol. The van der Waals surface area contributed by atoms with E-state index in [4.69, 9.17) is 4.98 Å². The Morgan fingerprint density at radius 1 is 1.03 bits per heavy atom. The predicted molar refractivity (Wildman–Crippen MR) is 144 cm³/mol. The normalized spacial score (nSPS) is 11.6. The van der Waals surface area contributed by atoms with E-state index in [2.05, 4.69) is 40.3 Å². The first kappa shape index (κ1) is 23.5. The number of aromatic amines is 2. The van der Waals surface area contributed by atoms with Gasteiger partial charge in [-0.25, -0.2) is 14.4 Å². The lowest BCUT2D eigenvalue weighted by Crippen LogP contribution is -2.20. The summed E-state index contributed by atoms with van der Waals surface area (Å²) in [6, 6.07) is 10.2. The van der Waals surface area contributed by atoms with E-state index in [-0.39, 0.29) is 11.6 Å². The van der Waals surface area contributed by atoms with Crippen molar-refractivity contribution in [1.29, 1.82) is 0 Å². The van der Waals surface area contributed by atoms with Crippen molar-refractivity contribution in [3.8, 4) is 39.7 Å². The molecule has 11 heteroatoms. The van der Waals surface area contributed by atoms with Crippen LogP contribution in [-0.4, -0.2) is 72.3 Å². The number of aromatic nitrogens is 7. The van der Waals surface area contributed by atoms with Gasteiger partial charge in [0.1, 0.15) is 22.8 Å². The molecule has 0 aliphatic heterocycles. The molecule has 0 fully saturated rings. The molecule has 5 aromatic heterocycles. The zero-order valence-corrected chi connectivity index (χ0v) is 20.7. The molecule has 5 heterocycles. The third-order valence-corrected chi connectivity index (χ3v) is 6.17. The van der Waals surface area contributed by atoms with Gasteiger partial charge in [-0.1, -0.05) is 0 Å². The highest BCUT2D eigenvalue weighted by molar-refractivity contribution is 5.97. The summed E-state index contributed by atoms with van der Waals surface area (Å²) in [5.41, 5.74) is 5.93. The van der Waals surface area contributed by atoms with Gasteiger partial charge in [-0.2, -0.15) is 5.10 Å². The number of halogens is 1. The van der Waals surface area contributed by atoms with Gasteiger partial charge in [-0.3, -0.25) is 15.1 Å². The number of H-pyrrole nitrogens is 2. The van der Waals surface area contributed by atoms with Crippen LogP contribution in [0, 0.1) is 5.82 Å². The second-order valence-electron chi connectivity index (χ2n) is 9.22. The van der Waals surface area contributed by atoms with Crippen molar-refractivity contribution < 1.29 is 9.50 Å². The smallest absolute Gasteiger partial charge is 0.160 e. The lowest BCUT2D eigenvalue weighted by atomic mass is 10.0. The number of anilines is 1. The standard InChI is InChI=1S/C27H24FN9O/c1-37(2)6-5-30-18-8-15(7-17(28)10-18)20-3-4-31-26-24(20)33-27(34-26)25-21-11-22(32-14-23(21)35-36-25)16-9-19(38)13-29-12-16/h3-4,7-14,30,38H,5-6H2,1-2H3,(H,35,36)(H,31,33,34). The van der Waals surface area contributed by atoms with Gasteiger partial charge in [-0.05, 0) is 56.1 Å². The second kappa shape index (κ2) is 9.52. The maximum atomic E-state index is 14.6. The Labute approximate surface area is 216 Å². The van der Waals surface area contributed by atoms with Gasteiger partial charge in [0.05, 0.1) is 23.6 Å². The Kier molecular flexibility index (Phi) is 5.89. The van der Waals surface area contributed by atoms with Crippen LogP contribution in [0.3, 0.4) is 0 Å². The molecule has 0 aliphatic rings. The van der Waals surface area contributed by atoms with E-state index in [0.29, 0.717) is 51.7 Å². The molecule has 10 nitrogen and oxygen atoms in total. The molecule has 6 aromatic rings. The van der Waals surface area contributed by atoms with Gasteiger partial charge in [0.25, 0.3) is 0 Å². The lowest BCUT2D eigenvalue weighted by molar-refractivity contribution is 0.425. The molecule has 0 atom stereocenters. The monoisotopic (exact) mass is 509 g/mol. The molecule has 0 radical (unpaired) electrons. The maximum Gasteiger partial charge on any atom is 0.160 e. The molecule has 38 heavy (non-hydrogen) atoms. The molecule has 0 bridgehead atoms. The number of nitrogens with one attached hydrogen (secondary N) is 3. The number of pyridine rings is 3. The highest BCUT2D eigenvalue weighted by Crippen LogP contribution is 2.33. The van der Waals surface area contributed by atoms with Gasteiger partial charge >= 0.3 is 0 Å². The summed E-state index contributed by atoms with van der Waals surface area (Å²) in [5.74, 6) is 0.231. The Morgan fingerprint density at radius 3 is 2.76 bits per heavy atom. The third-order valence-electron chi connectivity index (χ3n) is 6.17. The average molecular weight is 510 g/mol. The first-order valence-electron chi connectivity index (χ1n) is 12.0. The van der Waals surface area contributed by atoms with E-state index >= 15 is 0 Å². The molecule has 0 saturated carbocycles. The minimum Gasteiger partial charge on any atom is -0.506 e. The van der Waals surface area contributed by atoms with Gasteiger partial charge in [0, 0.05) is 47.7 Å². The molecule has 0 unspecified atom stereocenters. The number of hydrogen-bond donors (Lipinski definition) is 4. The van der Waals surface area contributed by atoms with Crippen LogP contribution < -0.4 is 5.32 Å². The van der Waals surface area contributed by atoms with E-state index in [1.807, 2.05) is 32.3 Å². The molecule has 0 saturated heterocycles. The number of likely N-dealkylation sites (N-methyl/N-ethyl adjacent to an activating group) is 1. The Balaban J connectivity index is 1.40. The van der Waals surface area contributed by atoms with Crippen LogP contribution >= 0.6 is 0 Å². The van der Waals surface area contributed by atoms with Gasteiger partial charge in [0.2, 0.25) is 0 Å². The Bertz CT molecular complexity index is 1780. The molecule has 0 amide bonds. The lowest BCUT2D eigenvalue weighted by Gasteiger charge is -2.12. The zero-order valence-electron chi connectivity index (χ0n) is 20.7. The summed E-state index contributed by atoms with van der Waals surface area (Å²) in [4.78, 5) is 23.1. The molecule has 6 rings (SSSR count). The van der Waals surface area contributed by atoms with E-state index in [9.17, 15) is 9.50 Å². The fraction of sp³-hybridized carbons (Fsp3) is 0.148. The van der Waals surface area contributed by atoms with Crippen molar-refractivity contribution in [3.63, 3.8) is 0 Å². The largest absolute Gasteiger partial charge is 0.506 e. The minimum absolute atomic E-state index is 0.0566. The first-order valence-corrected chi connectivity index (χ1v) is 12.0. The number of aromatic hydroxyl groups is 1. The number of fused-ring (bicyclic) bond motifs is 2. The topological polar surface area (TPSA) is 132 Å². The average Bonchev–Trinajstić information content (AvgIpc) is 3.51. The molecule has 4 N–H and O–H groups in total. The fourth-order valence-corrected chi connectivity index (χ4v) is 4.35. The second-order valence-corrected chi connectivity index (χ2v) is 9.22. The van der Waals surface area contributed by atoms with E-state index in [0.717, 1.165) is 23.0 Å². The van der Waals surface area contributed by atoms with Crippen LogP contribution in [0.15, 0.2) is 61.2 Å². The van der Waals surface area contributed by atoms with Crippen molar-refractivity contribution in [3.05, 3.63) is 67.0 Å². The van der Waals surface area contributed by atoms with Crippen molar-refractivity contribution in [1.82, 2.24) is 40.0 Å². The summed E-state index contributed by atoms with van der Waals surface area (Å²) >= 11 is 0. The fourth-order valence-electron chi connectivity index (χ4n) is 4.35. The maximum absolute atomic E-state index is 14.6. The number of rotatable bonds is 7. The van der Waals surface area contributed by atoms with Crippen LogP contribution in [0.5, 0.6) is 5.75 Å². The summed E-state index contributed by atoms with van der Waals surface area (Å²) in [5, 5.41) is 21.3. The summed E-state index contributed by atoms with van der Waals surface area (Å²) in [7, 11) is 3.98. The van der Waals surface area contributed by atoms with Crippen LogP contribution in [0.25, 0.3) is 56.0 Å². The van der Waals surface area contributed by atoms with E-state index in [1.54, 1.807) is 24.7 Å². The van der Waals surface area contributed by atoms with Gasteiger partial charge < -0.3 is 20.3 Å². The van der Waals surface area contributed by atoms with E-state index in [1.165, 1.54) is 18.3 Å².